The molecule has 8 nitrogen and oxygen atoms in total. The van der Waals surface area contributed by atoms with Gasteiger partial charge in [-0.1, -0.05) is 6.07 Å². The molecule has 0 fully saturated rings. The number of carbonyl (C=O) groups is 1. The Labute approximate surface area is 170 Å². The summed E-state index contributed by atoms with van der Waals surface area (Å²) in [6.07, 6.45) is 0. The molecule has 2 aromatic carbocycles. The number of hydrogen-bond acceptors (Lipinski definition) is 6. The number of amides is 1. The number of benzene rings is 2. The zero-order chi connectivity index (χ0) is 21.0. The monoisotopic (exact) mass is 420 g/mol. The average Bonchev–Trinajstić information content (AvgIpc) is 2.73. The maximum atomic E-state index is 12.7. The van der Waals surface area contributed by atoms with E-state index in [1.807, 2.05) is 19.1 Å². The van der Waals surface area contributed by atoms with Crippen LogP contribution in [0.2, 0.25) is 0 Å². The molecule has 1 aliphatic rings. The van der Waals surface area contributed by atoms with Gasteiger partial charge in [-0.3, -0.25) is 4.79 Å². The first-order chi connectivity index (χ1) is 13.8. The van der Waals surface area contributed by atoms with Crippen LogP contribution >= 0.6 is 0 Å². The molecule has 2 aromatic rings. The number of ether oxygens (including phenoxy) is 3. The van der Waals surface area contributed by atoms with Crippen LogP contribution in [0.15, 0.2) is 47.4 Å². The second-order valence-corrected chi connectivity index (χ2v) is 8.67. The molecule has 0 aliphatic carbocycles. The maximum absolute atomic E-state index is 12.7. The molecule has 0 saturated heterocycles. The smallest absolute Gasteiger partial charge is 0.243 e. The summed E-state index contributed by atoms with van der Waals surface area (Å²) in [5, 5.41) is 2.81. The Morgan fingerprint density at radius 3 is 2.45 bits per heavy atom. The van der Waals surface area contributed by atoms with Crippen LogP contribution in [-0.2, 0) is 14.8 Å². The van der Waals surface area contributed by atoms with Gasteiger partial charge in [0, 0.05) is 7.05 Å². The fraction of sp³-hybridized carbons (Fsp3) is 0.350. The minimum atomic E-state index is -3.79. The van der Waals surface area contributed by atoms with Crippen molar-refractivity contribution in [2.45, 2.75) is 17.9 Å². The Morgan fingerprint density at radius 2 is 1.79 bits per heavy atom. The van der Waals surface area contributed by atoms with Gasteiger partial charge in [-0.2, -0.15) is 4.31 Å². The number of nitrogens with zero attached hydrogens (tertiary/aromatic N) is 1. The topological polar surface area (TPSA) is 94.2 Å². The summed E-state index contributed by atoms with van der Waals surface area (Å²) in [6, 6.07) is 11.1. The van der Waals surface area contributed by atoms with E-state index >= 15 is 0 Å². The Morgan fingerprint density at radius 1 is 1.14 bits per heavy atom. The van der Waals surface area contributed by atoms with Crippen molar-refractivity contribution in [3.63, 3.8) is 0 Å². The highest BCUT2D eigenvalue weighted by Crippen LogP contribution is 2.32. The van der Waals surface area contributed by atoms with Gasteiger partial charge >= 0.3 is 0 Å². The van der Waals surface area contributed by atoms with Crippen molar-refractivity contribution in [3.8, 4) is 17.2 Å². The Kier molecular flexibility index (Phi) is 6.29. The molecule has 1 atom stereocenters. The number of likely N-dealkylation sites (N-methyl/N-ethyl adjacent to an activating group) is 1. The minimum absolute atomic E-state index is 0.0912. The average molecular weight is 420 g/mol. The minimum Gasteiger partial charge on any atom is -0.497 e. The number of hydrogen-bond donors (Lipinski definition) is 1. The Bertz CT molecular complexity index is 975. The number of carbonyl (C=O) groups excluding carboxylic acids is 1. The summed E-state index contributed by atoms with van der Waals surface area (Å²) in [5.41, 5.74) is 0.836. The molecule has 0 radical (unpaired) electrons. The van der Waals surface area contributed by atoms with Crippen molar-refractivity contribution in [2.24, 2.45) is 0 Å². The molecular weight excluding hydrogens is 396 g/mol. The molecule has 3 rings (SSSR count). The second kappa shape index (κ2) is 8.71. The molecule has 0 aromatic heterocycles. The van der Waals surface area contributed by atoms with E-state index in [1.54, 1.807) is 18.2 Å². The van der Waals surface area contributed by atoms with Crippen molar-refractivity contribution in [1.29, 1.82) is 0 Å². The van der Waals surface area contributed by atoms with Gasteiger partial charge < -0.3 is 19.5 Å². The van der Waals surface area contributed by atoms with E-state index in [9.17, 15) is 13.2 Å². The largest absolute Gasteiger partial charge is 0.497 e. The first-order valence-corrected chi connectivity index (χ1v) is 10.5. The third-order valence-electron chi connectivity index (χ3n) is 4.58. The molecule has 29 heavy (non-hydrogen) atoms. The molecule has 1 aliphatic heterocycles. The Balaban J connectivity index is 1.63. The van der Waals surface area contributed by atoms with Crippen molar-refractivity contribution in [1.82, 2.24) is 9.62 Å². The van der Waals surface area contributed by atoms with E-state index in [1.165, 1.54) is 26.3 Å². The van der Waals surface area contributed by atoms with Gasteiger partial charge in [0.15, 0.2) is 11.5 Å². The van der Waals surface area contributed by atoms with E-state index in [-0.39, 0.29) is 17.5 Å². The number of nitrogens with one attached hydrogen (secondary N) is 1. The van der Waals surface area contributed by atoms with Gasteiger partial charge in [0.1, 0.15) is 19.0 Å². The van der Waals surface area contributed by atoms with Gasteiger partial charge in [0.25, 0.3) is 0 Å². The van der Waals surface area contributed by atoms with E-state index in [0.29, 0.717) is 30.5 Å². The molecule has 1 heterocycles. The maximum Gasteiger partial charge on any atom is 0.243 e. The van der Waals surface area contributed by atoms with E-state index in [2.05, 4.69) is 5.32 Å². The van der Waals surface area contributed by atoms with Crippen LogP contribution in [0.5, 0.6) is 17.2 Å². The number of methoxy groups -OCH3 is 1. The molecule has 156 valence electrons. The van der Waals surface area contributed by atoms with Gasteiger partial charge in [-0.25, -0.2) is 8.42 Å². The number of sulfonamides is 1. The quantitative estimate of drug-likeness (QED) is 0.736. The molecule has 1 amide bonds. The lowest BCUT2D eigenvalue weighted by molar-refractivity contribution is -0.121. The van der Waals surface area contributed by atoms with Crippen LogP contribution in [0.3, 0.4) is 0 Å². The predicted molar refractivity (Wildman–Crippen MR) is 107 cm³/mol. The third-order valence-corrected chi connectivity index (χ3v) is 6.40. The lowest BCUT2D eigenvalue weighted by atomic mass is 10.1. The van der Waals surface area contributed by atoms with Crippen LogP contribution < -0.4 is 19.5 Å². The fourth-order valence-corrected chi connectivity index (χ4v) is 4.04. The molecule has 0 bridgehead atoms. The zero-order valence-electron chi connectivity index (χ0n) is 16.5. The van der Waals surface area contributed by atoms with E-state index < -0.39 is 15.9 Å². The number of rotatable bonds is 7. The summed E-state index contributed by atoms with van der Waals surface area (Å²) >= 11 is 0. The van der Waals surface area contributed by atoms with Crippen LogP contribution in [-0.4, -0.2) is 52.5 Å². The van der Waals surface area contributed by atoms with Crippen molar-refractivity contribution in [3.05, 3.63) is 48.0 Å². The molecule has 9 heteroatoms. The summed E-state index contributed by atoms with van der Waals surface area (Å²) in [4.78, 5) is 12.5. The lowest BCUT2D eigenvalue weighted by Gasteiger charge is -2.22. The highest BCUT2D eigenvalue weighted by Gasteiger charge is 2.24. The van der Waals surface area contributed by atoms with Gasteiger partial charge in [0.2, 0.25) is 15.9 Å². The van der Waals surface area contributed by atoms with Gasteiger partial charge in [0.05, 0.1) is 24.6 Å². The first kappa shape index (κ1) is 20.9. The Hall–Kier alpha value is -2.78. The standard InChI is InChI=1S/C20H24N2O6S/c1-14(15-4-9-18-19(12-15)28-11-10-27-18)21-20(23)13-22(2)29(24,25)17-7-5-16(26-3)6-8-17/h4-9,12,14H,10-11,13H2,1-3H3,(H,21,23)/t14-/m1/s1. The summed E-state index contributed by atoms with van der Waals surface area (Å²) in [7, 11) is -0.919. The fourth-order valence-electron chi connectivity index (χ4n) is 2.91. The predicted octanol–water partition coefficient (Wildman–Crippen LogP) is 1.96. The third kappa shape index (κ3) is 4.80. The molecule has 0 unspecified atom stereocenters. The highest BCUT2D eigenvalue weighted by molar-refractivity contribution is 7.89. The van der Waals surface area contributed by atoms with Crippen LogP contribution in [0.25, 0.3) is 0 Å². The summed E-state index contributed by atoms with van der Waals surface area (Å²) in [5.74, 6) is 1.45. The van der Waals surface area contributed by atoms with Crippen LogP contribution in [0, 0.1) is 0 Å². The molecule has 0 spiro atoms. The van der Waals surface area contributed by atoms with Crippen LogP contribution in [0.4, 0.5) is 0 Å². The molecular formula is C20H24N2O6S. The summed E-state index contributed by atoms with van der Waals surface area (Å²) < 4.78 is 42.4. The van der Waals surface area contributed by atoms with Crippen molar-refractivity contribution >= 4 is 15.9 Å². The highest BCUT2D eigenvalue weighted by atomic mass is 32.2. The normalized spacial score (nSPS) is 14.3. The van der Waals surface area contributed by atoms with Crippen molar-refractivity contribution in [2.75, 3.05) is 33.9 Å². The molecule has 0 saturated carbocycles. The molecule has 1 N–H and O–H groups in total. The van der Waals surface area contributed by atoms with E-state index in [0.717, 1.165) is 9.87 Å². The zero-order valence-corrected chi connectivity index (χ0v) is 17.4. The first-order valence-electron chi connectivity index (χ1n) is 9.10. The second-order valence-electron chi connectivity index (χ2n) is 6.63. The van der Waals surface area contributed by atoms with E-state index in [4.69, 9.17) is 14.2 Å². The van der Waals surface area contributed by atoms with Gasteiger partial charge in [-0.15, -0.1) is 0 Å². The lowest BCUT2D eigenvalue weighted by Crippen LogP contribution is -2.39. The number of fused-ring (bicyclic) bond motifs is 1. The van der Waals surface area contributed by atoms with Crippen molar-refractivity contribution < 1.29 is 27.4 Å². The van der Waals surface area contributed by atoms with Gasteiger partial charge in [-0.05, 0) is 48.9 Å². The van der Waals surface area contributed by atoms with Crippen LogP contribution in [0.1, 0.15) is 18.5 Å². The summed E-state index contributed by atoms with van der Waals surface area (Å²) in [6.45, 7) is 2.50. The SMILES string of the molecule is COc1ccc(S(=O)(=O)N(C)CC(=O)N[C@H](C)c2ccc3c(c2)OCCO3)cc1.